The van der Waals surface area contributed by atoms with E-state index in [0.717, 1.165) is 12.1 Å². The number of ether oxygens (including phenoxy) is 1. The van der Waals surface area contributed by atoms with Crippen LogP contribution in [0, 0.1) is 11.6 Å². The van der Waals surface area contributed by atoms with Gasteiger partial charge in [-0.3, -0.25) is 0 Å². The summed E-state index contributed by atoms with van der Waals surface area (Å²) in [7, 11) is 0. The minimum absolute atomic E-state index is 0.0411. The highest BCUT2D eigenvalue weighted by molar-refractivity contribution is 5.86. The maximum atomic E-state index is 13.0. The van der Waals surface area contributed by atoms with Crippen molar-refractivity contribution in [1.82, 2.24) is 4.98 Å². The molecule has 1 aromatic heterocycles. The fourth-order valence-electron chi connectivity index (χ4n) is 1.30. The van der Waals surface area contributed by atoms with Gasteiger partial charge in [-0.25, -0.2) is 18.6 Å². The summed E-state index contributed by atoms with van der Waals surface area (Å²) >= 11 is 0. The summed E-state index contributed by atoms with van der Waals surface area (Å²) in [5.74, 6) is -3.60. The molecule has 0 fully saturated rings. The summed E-state index contributed by atoms with van der Waals surface area (Å²) in [6.45, 7) is 0. The molecular formula is C12H8F2N2O3. The topological polar surface area (TPSA) is 85.4 Å². The SMILES string of the molecule is Nc1ccc(C(=O)O)nc1Oc1ccc(F)c(F)c1. The van der Waals surface area contributed by atoms with E-state index in [0.29, 0.717) is 0 Å². The zero-order valence-corrected chi connectivity index (χ0v) is 9.43. The second-order valence-corrected chi connectivity index (χ2v) is 3.57. The molecule has 7 heteroatoms. The quantitative estimate of drug-likeness (QED) is 0.891. The van der Waals surface area contributed by atoms with E-state index in [1.165, 1.54) is 18.2 Å². The molecule has 1 aromatic carbocycles. The molecule has 0 aliphatic rings. The third-order valence-corrected chi connectivity index (χ3v) is 2.21. The highest BCUT2D eigenvalue weighted by Crippen LogP contribution is 2.26. The number of benzene rings is 1. The number of rotatable bonds is 3. The van der Waals surface area contributed by atoms with Crippen LogP contribution in [0.4, 0.5) is 14.5 Å². The summed E-state index contributed by atoms with van der Waals surface area (Å²) in [4.78, 5) is 14.4. The number of halogens is 2. The van der Waals surface area contributed by atoms with E-state index in [1.54, 1.807) is 0 Å². The van der Waals surface area contributed by atoms with E-state index in [-0.39, 0.29) is 23.0 Å². The summed E-state index contributed by atoms with van der Waals surface area (Å²) < 4.78 is 30.9. The molecule has 3 N–H and O–H groups in total. The molecule has 0 aliphatic heterocycles. The molecule has 1 heterocycles. The zero-order valence-electron chi connectivity index (χ0n) is 9.43. The van der Waals surface area contributed by atoms with Crippen LogP contribution in [0.3, 0.4) is 0 Å². The molecule has 0 aliphatic carbocycles. The van der Waals surface area contributed by atoms with Crippen molar-refractivity contribution in [2.75, 3.05) is 5.73 Å². The molecule has 0 bridgehead atoms. The van der Waals surface area contributed by atoms with Crippen LogP contribution in [0.5, 0.6) is 11.6 Å². The maximum Gasteiger partial charge on any atom is 0.354 e. The lowest BCUT2D eigenvalue weighted by Crippen LogP contribution is -2.03. The Hall–Kier alpha value is -2.70. The van der Waals surface area contributed by atoms with E-state index in [2.05, 4.69) is 4.98 Å². The molecule has 0 saturated heterocycles. The molecule has 0 atom stereocenters. The lowest BCUT2D eigenvalue weighted by molar-refractivity contribution is 0.0689. The van der Waals surface area contributed by atoms with Gasteiger partial charge in [-0.05, 0) is 24.3 Å². The molecule has 19 heavy (non-hydrogen) atoms. The number of carboxylic acids is 1. The maximum absolute atomic E-state index is 13.0. The van der Waals surface area contributed by atoms with E-state index in [4.69, 9.17) is 15.6 Å². The van der Waals surface area contributed by atoms with Crippen LogP contribution in [0.2, 0.25) is 0 Å². The normalized spacial score (nSPS) is 10.2. The fourth-order valence-corrected chi connectivity index (χ4v) is 1.30. The number of hydrogen-bond acceptors (Lipinski definition) is 4. The fraction of sp³-hybridized carbons (Fsp3) is 0. The van der Waals surface area contributed by atoms with Gasteiger partial charge in [-0.15, -0.1) is 0 Å². The predicted molar refractivity (Wildman–Crippen MR) is 62.0 cm³/mol. The van der Waals surface area contributed by atoms with Crippen LogP contribution in [0.15, 0.2) is 30.3 Å². The van der Waals surface area contributed by atoms with Crippen LogP contribution in [0.25, 0.3) is 0 Å². The van der Waals surface area contributed by atoms with Crippen molar-refractivity contribution < 1.29 is 23.4 Å². The van der Waals surface area contributed by atoms with Gasteiger partial charge in [-0.1, -0.05) is 0 Å². The molecule has 0 amide bonds. The number of aromatic carboxylic acids is 1. The van der Waals surface area contributed by atoms with E-state index in [1.807, 2.05) is 0 Å². The smallest absolute Gasteiger partial charge is 0.354 e. The van der Waals surface area contributed by atoms with Crippen LogP contribution >= 0.6 is 0 Å². The van der Waals surface area contributed by atoms with E-state index < -0.39 is 17.6 Å². The Labute approximate surface area is 106 Å². The Bertz CT molecular complexity index is 647. The number of carbonyl (C=O) groups is 1. The largest absolute Gasteiger partial charge is 0.477 e. The minimum Gasteiger partial charge on any atom is -0.477 e. The number of pyridine rings is 1. The number of hydrogen-bond donors (Lipinski definition) is 2. The molecule has 0 unspecified atom stereocenters. The second kappa shape index (κ2) is 4.89. The average Bonchev–Trinajstić information content (AvgIpc) is 2.36. The first-order chi connectivity index (χ1) is 8.97. The van der Waals surface area contributed by atoms with Gasteiger partial charge < -0.3 is 15.6 Å². The Morgan fingerprint density at radius 2 is 1.95 bits per heavy atom. The number of nitrogens with zero attached hydrogens (tertiary/aromatic N) is 1. The van der Waals surface area contributed by atoms with Crippen molar-refractivity contribution in [2.45, 2.75) is 0 Å². The molecule has 0 saturated carbocycles. The first-order valence-electron chi connectivity index (χ1n) is 5.10. The predicted octanol–water partition coefficient (Wildman–Crippen LogP) is 2.43. The first kappa shape index (κ1) is 12.7. The lowest BCUT2D eigenvalue weighted by atomic mass is 10.3. The number of nitrogens with two attached hydrogens (primary N) is 1. The van der Waals surface area contributed by atoms with Gasteiger partial charge in [0.2, 0.25) is 5.88 Å². The van der Waals surface area contributed by atoms with Crippen molar-refractivity contribution in [1.29, 1.82) is 0 Å². The second-order valence-electron chi connectivity index (χ2n) is 3.57. The van der Waals surface area contributed by atoms with Crippen LogP contribution in [-0.4, -0.2) is 16.1 Å². The molecule has 0 spiro atoms. The van der Waals surface area contributed by atoms with Crippen molar-refractivity contribution in [3.05, 3.63) is 47.7 Å². The zero-order chi connectivity index (χ0) is 14.0. The molecular weight excluding hydrogens is 258 g/mol. The highest BCUT2D eigenvalue weighted by atomic mass is 19.2. The number of nitrogen functional groups attached to an aromatic ring is 1. The molecule has 0 radical (unpaired) electrons. The van der Waals surface area contributed by atoms with Gasteiger partial charge in [0, 0.05) is 6.07 Å². The average molecular weight is 266 g/mol. The molecule has 2 aromatic rings. The van der Waals surface area contributed by atoms with E-state index in [9.17, 15) is 13.6 Å². The standard InChI is InChI=1S/C12H8F2N2O3/c13-7-2-1-6(5-8(7)14)19-11-9(15)3-4-10(16-11)12(17)18/h1-5H,15H2,(H,17,18). The Kier molecular flexibility index (Phi) is 3.28. The minimum atomic E-state index is -1.25. The van der Waals surface area contributed by atoms with Crippen LogP contribution < -0.4 is 10.5 Å². The molecule has 2 rings (SSSR count). The number of anilines is 1. The van der Waals surface area contributed by atoms with Crippen LogP contribution in [-0.2, 0) is 0 Å². The summed E-state index contributed by atoms with van der Waals surface area (Å²) in [6.07, 6.45) is 0. The van der Waals surface area contributed by atoms with Crippen molar-refractivity contribution >= 4 is 11.7 Å². The Morgan fingerprint density at radius 1 is 1.21 bits per heavy atom. The van der Waals surface area contributed by atoms with Crippen molar-refractivity contribution in [3.63, 3.8) is 0 Å². The van der Waals surface area contributed by atoms with Crippen LogP contribution in [0.1, 0.15) is 10.5 Å². The monoisotopic (exact) mass is 266 g/mol. The summed E-state index contributed by atoms with van der Waals surface area (Å²) in [5.41, 5.74) is 5.36. The highest BCUT2D eigenvalue weighted by Gasteiger charge is 2.11. The van der Waals surface area contributed by atoms with E-state index >= 15 is 0 Å². The van der Waals surface area contributed by atoms with Gasteiger partial charge in [-0.2, -0.15) is 0 Å². The summed E-state index contributed by atoms with van der Waals surface area (Å²) in [6, 6.07) is 5.36. The first-order valence-corrected chi connectivity index (χ1v) is 5.10. The summed E-state index contributed by atoms with van der Waals surface area (Å²) in [5, 5.41) is 8.78. The third-order valence-electron chi connectivity index (χ3n) is 2.21. The molecule has 5 nitrogen and oxygen atoms in total. The van der Waals surface area contributed by atoms with Crippen molar-refractivity contribution in [3.8, 4) is 11.6 Å². The molecule has 98 valence electrons. The number of carboxylic acid groups (broad SMARTS) is 1. The Balaban J connectivity index is 2.34. The van der Waals surface area contributed by atoms with Gasteiger partial charge in [0.15, 0.2) is 17.3 Å². The van der Waals surface area contributed by atoms with Gasteiger partial charge in [0.25, 0.3) is 0 Å². The van der Waals surface area contributed by atoms with Gasteiger partial charge in [0.05, 0.1) is 5.69 Å². The lowest BCUT2D eigenvalue weighted by Gasteiger charge is -2.08. The third kappa shape index (κ3) is 2.76. The van der Waals surface area contributed by atoms with Crippen molar-refractivity contribution in [2.24, 2.45) is 0 Å². The Morgan fingerprint density at radius 3 is 2.58 bits per heavy atom. The van der Waals surface area contributed by atoms with Gasteiger partial charge in [0.1, 0.15) is 5.75 Å². The number of aromatic nitrogens is 1. The van der Waals surface area contributed by atoms with Gasteiger partial charge >= 0.3 is 5.97 Å².